The monoisotopic (exact) mass is 254 g/mol. The molecular formula is C12H19ClN4. The molecule has 4 nitrogen and oxygen atoms in total. The number of halogens is 1. The molecule has 1 aromatic heterocycles. The highest BCUT2D eigenvalue weighted by Gasteiger charge is 2.19. The third kappa shape index (κ3) is 2.80. The zero-order valence-electron chi connectivity index (χ0n) is 10.2. The van der Waals surface area contributed by atoms with Crippen LogP contribution in [-0.4, -0.2) is 23.1 Å². The summed E-state index contributed by atoms with van der Waals surface area (Å²) in [7, 11) is 0. The van der Waals surface area contributed by atoms with Gasteiger partial charge in [0, 0.05) is 13.1 Å². The fourth-order valence-corrected chi connectivity index (χ4v) is 2.60. The Balaban J connectivity index is 2.14. The van der Waals surface area contributed by atoms with E-state index in [0.29, 0.717) is 10.8 Å². The van der Waals surface area contributed by atoms with Crippen molar-refractivity contribution < 1.29 is 0 Å². The molecular weight excluding hydrogens is 236 g/mol. The predicted octanol–water partition coefficient (Wildman–Crippen LogP) is 2.73. The Labute approximate surface area is 107 Å². The van der Waals surface area contributed by atoms with Gasteiger partial charge in [-0.1, -0.05) is 24.9 Å². The molecule has 94 valence electrons. The van der Waals surface area contributed by atoms with Crippen LogP contribution in [0.4, 0.5) is 11.6 Å². The molecule has 0 saturated carbocycles. The summed E-state index contributed by atoms with van der Waals surface area (Å²) in [5.41, 5.74) is 5.71. The van der Waals surface area contributed by atoms with E-state index < -0.39 is 0 Å². The second-order valence-corrected chi connectivity index (χ2v) is 4.97. The van der Waals surface area contributed by atoms with E-state index in [1.54, 1.807) is 0 Å². The van der Waals surface area contributed by atoms with Crippen LogP contribution in [0.25, 0.3) is 0 Å². The minimum absolute atomic E-state index is 0.368. The van der Waals surface area contributed by atoms with E-state index in [2.05, 4.69) is 21.8 Å². The largest absolute Gasteiger partial charge is 0.382 e. The number of rotatable bonds is 2. The first-order chi connectivity index (χ1) is 8.22. The maximum Gasteiger partial charge on any atom is 0.153 e. The molecule has 0 bridgehead atoms. The van der Waals surface area contributed by atoms with Gasteiger partial charge < -0.3 is 10.6 Å². The fraction of sp³-hybridized carbons (Fsp3) is 0.667. The first kappa shape index (κ1) is 12.4. The summed E-state index contributed by atoms with van der Waals surface area (Å²) < 4.78 is 0. The number of hydrogen-bond donors (Lipinski definition) is 1. The van der Waals surface area contributed by atoms with Crippen molar-refractivity contribution in [3.05, 3.63) is 11.3 Å². The highest BCUT2D eigenvalue weighted by molar-refractivity contribution is 6.35. The van der Waals surface area contributed by atoms with Crippen molar-refractivity contribution in [3.8, 4) is 0 Å². The summed E-state index contributed by atoms with van der Waals surface area (Å²) in [6, 6.07) is 0. The second kappa shape index (κ2) is 5.54. The zero-order valence-corrected chi connectivity index (χ0v) is 11.0. The molecule has 17 heavy (non-hydrogen) atoms. The molecule has 2 rings (SSSR count). The minimum Gasteiger partial charge on any atom is -0.382 e. The third-order valence-corrected chi connectivity index (χ3v) is 3.89. The lowest BCUT2D eigenvalue weighted by molar-refractivity contribution is 0.459. The fourth-order valence-electron chi connectivity index (χ4n) is 2.38. The molecule has 1 unspecified atom stereocenters. The minimum atomic E-state index is 0.368. The van der Waals surface area contributed by atoms with Gasteiger partial charge >= 0.3 is 0 Å². The molecule has 0 amide bonds. The van der Waals surface area contributed by atoms with Gasteiger partial charge in [-0.25, -0.2) is 9.97 Å². The highest BCUT2D eigenvalue weighted by Crippen LogP contribution is 2.30. The van der Waals surface area contributed by atoms with Crippen LogP contribution in [0.2, 0.25) is 5.02 Å². The summed E-state index contributed by atoms with van der Waals surface area (Å²) in [4.78, 5) is 10.4. The van der Waals surface area contributed by atoms with Gasteiger partial charge in [-0.3, -0.25) is 0 Å². The highest BCUT2D eigenvalue weighted by atomic mass is 35.5. The van der Waals surface area contributed by atoms with Crippen molar-refractivity contribution in [2.45, 2.75) is 32.6 Å². The smallest absolute Gasteiger partial charge is 0.153 e. The lowest BCUT2D eigenvalue weighted by Gasteiger charge is -2.22. The lowest BCUT2D eigenvalue weighted by Crippen LogP contribution is -2.26. The second-order valence-electron chi connectivity index (χ2n) is 4.59. The van der Waals surface area contributed by atoms with Gasteiger partial charge in [-0.15, -0.1) is 0 Å². The normalized spacial score (nSPS) is 21.3. The maximum absolute atomic E-state index is 6.16. The number of nitrogen functional groups attached to an aromatic ring is 1. The topological polar surface area (TPSA) is 55.0 Å². The summed E-state index contributed by atoms with van der Waals surface area (Å²) >= 11 is 6.16. The number of nitrogens with zero attached hydrogens (tertiary/aromatic N) is 3. The van der Waals surface area contributed by atoms with E-state index in [4.69, 9.17) is 17.3 Å². The first-order valence-corrected chi connectivity index (χ1v) is 6.61. The van der Waals surface area contributed by atoms with Gasteiger partial charge in [0.15, 0.2) is 5.82 Å². The molecule has 5 heteroatoms. The number of aromatic nitrogens is 2. The van der Waals surface area contributed by atoms with E-state index in [1.807, 2.05) is 0 Å². The van der Waals surface area contributed by atoms with E-state index in [-0.39, 0.29) is 0 Å². The molecule has 1 saturated heterocycles. The Morgan fingerprint density at radius 3 is 3.00 bits per heavy atom. The van der Waals surface area contributed by atoms with Gasteiger partial charge in [-0.05, 0) is 25.2 Å². The molecule has 0 spiro atoms. The molecule has 0 radical (unpaired) electrons. The molecule has 0 aliphatic carbocycles. The van der Waals surface area contributed by atoms with Crippen molar-refractivity contribution in [2.24, 2.45) is 5.92 Å². The molecule has 1 aliphatic heterocycles. The third-order valence-electron chi connectivity index (χ3n) is 3.52. The number of hydrogen-bond acceptors (Lipinski definition) is 4. The summed E-state index contributed by atoms with van der Waals surface area (Å²) in [6.07, 6.45) is 6.44. The standard InChI is InChI=1S/C12H19ClN4/c1-2-9-4-3-6-17(7-5-9)12-10(13)11(14)15-8-16-12/h8-9H,2-7H2,1H3,(H2,14,15,16). The Morgan fingerprint density at radius 2 is 2.24 bits per heavy atom. The Hall–Kier alpha value is -1.03. The van der Waals surface area contributed by atoms with Crippen LogP contribution in [0, 0.1) is 5.92 Å². The molecule has 0 aromatic carbocycles. The van der Waals surface area contributed by atoms with E-state index in [0.717, 1.165) is 24.8 Å². The van der Waals surface area contributed by atoms with Crippen molar-refractivity contribution in [3.63, 3.8) is 0 Å². The van der Waals surface area contributed by atoms with Crippen LogP contribution in [-0.2, 0) is 0 Å². The van der Waals surface area contributed by atoms with Gasteiger partial charge in [0.1, 0.15) is 17.2 Å². The Bertz CT molecular complexity index is 383. The molecule has 1 fully saturated rings. The average molecular weight is 255 g/mol. The lowest BCUT2D eigenvalue weighted by atomic mass is 9.98. The number of anilines is 2. The maximum atomic E-state index is 6.16. The van der Waals surface area contributed by atoms with Crippen LogP contribution < -0.4 is 10.6 Å². The van der Waals surface area contributed by atoms with Crippen LogP contribution in [0.15, 0.2) is 6.33 Å². The number of nitrogens with two attached hydrogens (primary N) is 1. The van der Waals surface area contributed by atoms with Crippen molar-refractivity contribution in [1.82, 2.24) is 9.97 Å². The molecule has 2 N–H and O–H groups in total. The summed E-state index contributed by atoms with van der Waals surface area (Å²) in [6.45, 7) is 4.28. The Morgan fingerprint density at radius 1 is 1.41 bits per heavy atom. The predicted molar refractivity (Wildman–Crippen MR) is 71.3 cm³/mol. The Kier molecular flexibility index (Phi) is 4.05. The van der Waals surface area contributed by atoms with Gasteiger partial charge in [0.05, 0.1) is 0 Å². The van der Waals surface area contributed by atoms with Crippen molar-refractivity contribution in [2.75, 3.05) is 23.7 Å². The van der Waals surface area contributed by atoms with Gasteiger partial charge in [0.2, 0.25) is 0 Å². The van der Waals surface area contributed by atoms with E-state index in [9.17, 15) is 0 Å². The average Bonchev–Trinajstić information content (AvgIpc) is 2.58. The molecule has 2 heterocycles. The quantitative estimate of drug-likeness (QED) is 0.882. The van der Waals surface area contributed by atoms with E-state index in [1.165, 1.54) is 32.0 Å². The summed E-state index contributed by atoms with van der Waals surface area (Å²) in [5.74, 6) is 1.99. The summed E-state index contributed by atoms with van der Waals surface area (Å²) in [5, 5.41) is 0.488. The SMILES string of the molecule is CCC1CCCN(c2ncnc(N)c2Cl)CC1. The van der Waals surface area contributed by atoms with Crippen LogP contribution >= 0.6 is 11.6 Å². The van der Waals surface area contributed by atoms with Crippen LogP contribution in [0.1, 0.15) is 32.6 Å². The van der Waals surface area contributed by atoms with E-state index >= 15 is 0 Å². The van der Waals surface area contributed by atoms with Crippen molar-refractivity contribution >= 4 is 23.2 Å². The zero-order chi connectivity index (χ0) is 12.3. The van der Waals surface area contributed by atoms with Gasteiger partial charge in [0.25, 0.3) is 0 Å². The van der Waals surface area contributed by atoms with Crippen LogP contribution in [0.5, 0.6) is 0 Å². The van der Waals surface area contributed by atoms with Crippen molar-refractivity contribution in [1.29, 1.82) is 0 Å². The molecule has 1 aromatic rings. The van der Waals surface area contributed by atoms with Gasteiger partial charge in [-0.2, -0.15) is 0 Å². The molecule has 1 aliphatic rings. The molecule has 1 atom stereocenters. The first-order valence-electron chi connectivity index (χ1n) is 6.23. The van der Waals surface area contributed by atoms with Crippen LogP contribution in [0.3, 0.4) is 0 Å².